The molecule has 4 heteroatoms. The van der Waals surface area contributed by atoms with E-state index >= 15 is 0 Å². The SMILES string of the molecule is C=Cc1cc(C(=O)OCC)cnc1C(=C)O. The summed E-state index contributed by atoms with van der Waals surface area (Å²) in [6, 6.07) is 1.55. The van der Waals surface area contributed by atoms with Crippen molar-refractivity contribution in [1.29, 1.82) is 0 Å². The van der Waals surface area contributed by atoms with Gasteiger partial charge in [0.25, 0.3) is 0 Å². The number of rotatable bonds is 4. The second-order valence-electron chi connectivity index (χ2n) is 3.03. The van der Waals surface area contributed by atoms with Gasteiger partial charge in [0.15, 0.2) is 0 Å². The number of ether oxygens (including phenoxy) is 1. The normalized spacial score (nSPS) is 9.56. The van der Waals surface area contributed by atoms with Gasteiger partial charge in [-0.25, -0.2) is 4.79 Å². The predicted molar refractivity (Wildman–Crippen MR) is 61.9 cm³/mol. The van der Waals surface area contributed by atoms with E-state index in [-0.39, 0.29) is 5.76 Å². The minimum absolute atomic E-state index is 0.162. The summed E-state index contributed by atoms with van der Waals surface area (Å²) in [5, 5.41) is 9.25. The van der Waals surface area contributed by atoms with Crippen molar-refractivity contribution in [3.05, 3.63) is 42.2 Å². The molecule has 84 valence electrons. The molecule has 0 aliphatic carbocycles. The molecule has 0 spiro atoms. The van der Waals surface area contributed by atoms with Crippen molar-refractivity contribution < 1.29 is 14.6 Å². The molecule has 0 amide bonds. The first-order valence-electron chi connectivity index (χ1n) is 4.78. The van der Waals surface area contributed by atoms with Crippen LogP contribution in [0.2, 0.25) is 0 Å². The molecule has 0 aliphatic heterocycles. The van der Waals surface area contributed by atoms with Crippen LogP contribution in [0, 0.1) is 0 Å². The Morgan fingerprint density at radius 3 is 2.88 bits per heavy atom. The number of nitrogens with zero attached hydrogens (tertiary/aromatic N) is 1. The number of aliphatic hydroxyl groups is 1. The Kier molecular flexibility index (Phi) is 3.83. The lowest BCUT2D eigenvalue weighted by Gasteiger charge is -2.06. The molecule has 0 radical (unpaired) electrons. The first-order chi connectivity index (χ1) is 7.60. The molecular formula is C12H13NO3. The zero-order chi connectivity index (χ0) is 12.1. The van der Waals surface area contributed by atoms with Crippen LogP contribution in [0.1, 0.15) is 28.5 Å². The van der Waals surface area contributed by atoms with Crippen LogP contribution in [-0.2, 0) is 4.74 Å². The molecule has 0 saturated heterocycles. The average molecular weight is 219 g/mol. The number of pyridine rings is 1. The third-order valence-electron chi connectivity index (χ3n) is 1.92. The monoisotopic (exact) mass is 219 g/mol. The van der Waals surface area contributed by atoms with E-state index in [9.17, 15) is 9.90 Å². The molecule has 0 aliphatic rings. The number of aliphatic hydroxyl groups excluding tert-OH is 1. The summed E-state index contributed by atoms with van der Waals surface area (Å²) in [7, 11) is 0. The second-order valence-corrected chi connectivity index (χ2v) is 3.03. The maximum atomic E-state index is 11.4. The Balaban J connectivity index is 3.13. The summed E-state index contributed by atoms with van der Waals surface area (Å²) in [6.07, 6.45) is 2.83. The third-order valence-corrected chi connectivity index (χ3v) is 1.92. The van der Waals surface area contributed by atoms with Gasteiger partial charge in [-0.1, -0.05) is 19.2 Å². The van der Waals surface area contributed by atoms with Crippen LogP contribution in [-0.4, -0.2) is 22.7 Å². The molecule has 0 unspecified atom stereocenters. The topological polar surface area (TPSA) is 59.4 Å². The number of hydrogen-bond donors (Lipinski definition) is 1. The fourth-order valence-corrected chi connectivity index (χ4v) is 1.20. The predicted octanol–water partition coefficient (Wildman–Crippen LogP) is 2.43. The van der Waals surface area contributed by atoms with Crippen molar-refractivity contribution in [1.82, 2.24) is 4.98 Å². The highest BCUT2D eigenvalue weighted by Gasteiger charge is 2.11. The van der Waals surface area contributed by atoms with E-state index in [0.29, 0.717) is 23.4 Å². The molecule has 0 bridgehead atoms. The summed E-state index contributed by atoms with van der Waals surface area (Å²) >= 11 is 0. The second kappa shape index (κ2) is 5.11. The van der Waals surface area contributed by atoms with Crippen LogP contribution in [0.15, 0.2) is 25.4 Å². The smallest absolute Gasteiger partial charge is 0.339 e. The van der Waals surface area contributed by atoms with Gasteiger partial charge in [0, 0.05) is 11.8 Å². The zero-order valence-electron chi connectivity index (χ0n) is 9.06. The van der Waals surface area contributed by atoms with E-state index in [1.54, 1.807) is 13.0 Å². The van der Waals surface area contributed by atoms with Gasteiger partial charge < -0.3 is 9.84 Å². The van der Waals surface area contributed by atoms with Gasteiger partial charge in [0.2, 0.25) is 0 Å². The zero-order valence-corrected chi connectivity index (χ0v) is 9.06. The Bertz CT molecular complexity index is 438. The molecular weight excluding hydrogens is 206 g/mol. The van der Waals surface area contributed by atoms with E-state index in [1.165, 1.54) is 12.3 Å². The van der Waals surface area contributed by atoms with Crippen molar-refractivity contribution in [3.63, 3.8) is 0 Å². The first kappa shape index (κ1) is 12.0. The molecule has 1 aromatic heterocycles. The number of esters is 1. The maximum Gasteiger partial charge on any atom is 0.339 e. The van der Waals surface area contributed by atoms with E-state index < -0.39 is 5.97 Å². The van der Waals surface area contributed by atoms with Crippen molar-refractivity contribution in [2.45, 2.75) is 6.92 Å². The fourth-order valence-electron chi connectivity index (χ4n) is 1.20. The summed E-state index contributed by atoms with van der Waals surface area (Å²) < 4.78 is 4.83. The van der Waals surface area contributed by atoms with Crippen LogP contribution in [0.5, 0.6) is 0 Å². The van der Waals surface area contributed by atoms with Gasteiger partial charge in [0.1, 0.15) is 11.5 Å². The van der Waals surface area contributed by atoms with Gasteiger partial charge in [-0.05, 0) is 13.0 Å². The van der Waals surface area contributed by atoms with Crippen LogP contribution in [0.3, 0.4) is 0 Å². The Labute approximate surface area is 93.9 Å². The van der Waals surface area contributed by atoms with E-state index in [4.69, 9.17) is 4.74 Å². The largest absolute Gasteiger partial charge is 0.506 e. The highest BCUT2D eigenvalue weighted by molar-refractivity contribution is 5.90. The lowest BCUT2D eigenvalue weighted by atomic mass is 10.1. The minimum atomic E-state index is -0.451. The molecule has 1 rings (SSSR count). The van der Waals surface area contributed by atoms with Gasteiger partial charge in [-0.2, -0.15) is 0 Å². The van der Waals surface area contributed by atoms with E-state index in [1.807, 2.05) is 0 Å². The molecule has 1 aromatic rings. The molecule has 4 nitrogen and oxygen atoms in total. The fraction of sp³-hybridized carbons (Fsp3) is 0.167. The van der Waals surface area contributed by atoms with Gasteiger partial charge in [-0.15, -0.1) is 0 Å². The summed E-state index contributed by atoms with van der Waals surface area (Å²) in [5.41, 5.74) is 1.17. The Morgan fingerprint density at radius 1 is 1.69 bits per heavy atom. The molecule has 1 heterocycles. The van der Waals surface area contributed by atoms with Crippen LogP contribution in [0.25, 0.3) is 11.8 Å². The van der Waals surface area contributed by atoms with Crippen molar-refractivity contribution >= 4 is 17.8 Å². The van der Waals surface area contributed by atoms with Crippen molar-refractivity contribution in [3.8, 4) is 0 Å². The minimum Gasteiger partial charge on any atom is -0.506 e. The van der Waals surface area contributed by atoms with Crippen LogP contribution < -0.4 is 0 Å². The van der Waals surface area contributed by atoms with Gasteiger partial charge >= 0.3 is 5.97 Å². The van der Waals surface area contributed by atoms with Crippen molar-refractivity contribution in [2.75, 3.05) is 6.61 Å². The molecule has 1 N–H and O–H groups in total. The first-order valence-corrected chi connectivity index (χ1v) is 4.78. The summed E-state index contributed by atoms with van der Waals surface area (Å²) in [5.74, 6) is -0.612. The maximum absolute atomic E-state index is 11.4. The average Bonchev–Trinajstić information content (AvgIpc) is 2.28. The van der Waals surface area contributed by atoms with E-state index in [0.717, 1.165) is 0 Å². The summed E-state index contributed by atoms with van der Waals surface area (Å²) in [4.78, 5) is 15.3. The van der Waals surface area contributed by atoms with E-state index in [2.05, 4.69) is 18.1 Å². The number of carbonyl (C=O) groups excluding carboxylic acids is 1. The number of carbonyl (C=O) groups is 1. The van der Waals surface area contributed by atoms with Crippen LogP contribution >= 0.6 is 0 Å². The quantitative estimate of drug-likeness (QED) is 0.624. The highest BCUT2D eigenvalue weighted by Crippen LogP contribution is 2.16. The standard InChI is InChI=1S/C12H13NO3/c1-4-9-6-10(12(15)16-5-2)7-13-11(9)8(3)14/h4,6-7,14H,1,3,5H2,2H3. The Morgan fingerprint density at radius 2 is 2.38 bits per heavy atom. The third kappa shape index (κ3) is 2.48. The van der Waals surface area contributed by atoms with Gasteiger partial charge in [0.05, 0.1) is 12.2 Å². The lowest BCUT2D eigenvalue weighted by molar-refractivity contribution is 0.0526. The summed E-state index contributed by atoms with van der Waals surface area (Å²) in [6.45, 7) is 8.98. The number of hydrogen-bond acceptors (Lipinski definition) is 4. The Hall–Kier alpha value is -2.10. The lowest BCUT2D eigenvalue weighted by Crippen LogP contribution is -2.06. The van der Waals surface area contributed by atoms with Crippen molar-refractivity contribution in [2.24, 2.45) is 0 Å². The van der Waals surface area contributed by atoms with Gasteiger partial charge in [-0.3, -0.25) is 4.98 Å². The molecule has 0 saturated carbocycles. The van der Waals surface area contributed by atoms with Crippen LogP contribution in [0.4, 0.5) is 0 Å². The number of aromatic nitrogens is 1. The molecule has 0 aromatic carbocycles. The molecule has 16 heavy (non-hydrogen) atoms. The highest BCUT2D eigenvalue weighted by atomic mass is 16.5. The molecule has 0 fully saturated rings. The molecule has 0 atom stereocenters.